The first-order valence-corrected chi connectivity index (χ1v) is 5.93. The second-order valence-electron chi connectivity index (χ2n) is 4.72. The van der Waals surface area contributed by atoms with Crippen molar-refractivity contribution in [2.24, 2.45) is 5.92 Å². The molecule has 0 unspecified atom stereocenters. The van der Waals surface area contributed by atoms with Crippen molar-refractivity contribution in [3.05, 3.63) is 17.7 Å². The summed E-state index contributed by atoms with van der Waals surface area (Å²) in [5.74, 6) is 1.61. The van der Waals surface area contributed by atoms with E-state index in [0.717, 1.165) is 12.5 Å². The third-order valence-electron chi connectivity index (χ3n) is 3.95. The Hall–Kier alpha value is -0.500. The highest BCUT2D eigenvalue weighted by Crippen LogP contribution is 2.65. The predicted molar refractivity (Wildman–Crippen MR) is 56.5 cm³/mol. The molecule has 3 aliphatic rings. The SMILES string of the molecule is CCn1cnc(C23CC(C2)C3)c1CCl. The molecule has 0 atom stereocenters. The minimum Gasteiger partial charge on any atom is -0.334 e. The van der Waals surface area contributed by atoms with Crippen molar-refractivity contribution in [3.63, 3.8) is 0 Å². The van der Waals surface area contributed by atoms with Crippen LogP contribution >= 0.6 is 11.6 Å². The van der Waals surface area contributed by atoms with Gasteiger partial charge in [-0.2, -0.15) is 0 Å². The molecular formula is C11H15ClN2. The van der Waals surface area contributed by atoms with E-state index < -0.39 is 0 Å². The van der Waals surface area contributed by atoms with Gasteiger partial charge in [-0.3, -0.25) is 0 Å². The Kier molecular flexibility index (Phi) is 1.73. The summed E-state index contributed by atoms with van der Waals surface area (Å²) in [5, 5.41) is 0. The highest BCUT2D eigenvalue weighted by molar-refractivity contribution is 6.17. The lowest BCUT2D eigenvalue weighted by molar-refractivity contribution is -0.0312. The third-order valence-corrected chi connectivity index (χ3v) is 4.21. The van der Waals surface area contributed by atoms with Gasteiger partial charge in [-0.05, 0) is 32.1 Å². The van der Waals surface area contributed by atoms with Gasteiger partial charge in [0.25, 0.3) is 0 Å². The molecule has 0 radical (unpaired) electrons. The topological polar surface area (TPSA) is 17.8 Å². The van der Waals surface area contributed by atoms with E-state index in [0.29, 0.717) is 11.3 Å². The number of halogens is 1. The quantitative estimate of drug-likeness (QED) is 0.702. The van der Waals surface area contributed by atoms with Gasteiger partial charge in [0.1, 0.15) is 0 Å². The molecule has 1 aromatic heterocycles. The standard InChI is InChI=1S/C11H15ClN2/c1-2-14-7-13-10(9(14)6-12)11-3-8(4-11)5-11/h7-8H,2-6H2,1H3. The van der Waals surface area contributed by atoms with Crippen LogP contribution in [0.4, 0.5) is 0 Å². The van der Waals surface area contributed by atoms with Crippen molar-refractivity contribution in [1.82, 2.24) is 9.55 Å². The van der Waals surface area contributed by atoms with Gasteiger partial charge < -0.3 is 4.57 Å². The summed E-state index contributed by atoms with van der Waals surface area (Å²) < 4.78 is 2.18. The fourth-order valence-electron chi connectivity index (χ4n) is 3.03. The fraction of sp³-hybridized carbons (Fsp3) is 0.727. The van der Waals surface area contributed by atoms with Crippen LogP contribution in [0.1, 0.15) is 37.6 Å². The van der Waals surface area contributed by atoms with Gasteiger partial charge in [0.15, 0.2) is 0 Å². The Morgan fingerprint density at radius 3 is 2.71 bits per heavy atom. The maximum Gasteiger partial charge on any atom is 0.0952 e. The fourth-order valence-corrected chi connectivity index (χ4v) is 3.31. The number of rotatable bonds is 3. The van der Waals surface area contributed by atoms with Gasteiger partial charge >= 0.3 is 0 Å². The molecule has 0 aromatic carbocycles. The van der Waals surface area contributed by atoms with Crippen molar-refractivity contribution < 1.29 is 0 Å². The molecule has 0 amide bonds. The highest BCUT2D eigenvalue weighted by Gasteiger charge is 2.59. The molecule has 3 fully saturated rings. The molecule has 3 aliphatic carbocycles. The van der Waals surface area contributed by atoms with Gasteiger partial charge in [0.05, 0.1) is 23.6 Å². The summed E-state index contributed by atoms with van der Waals surface area (Å²) in [6, 6.07) is 0. The Morgan fingerprint density at radius 1 is 1.57 bits per heavy atom. The molecule has 0 spiro atoms. The second-order valence-corrected chi connectivity index (χ2v) is 4.99. The van der Waals surface area contributed by atoms with Crippen LogP contribution in [0.2, 0.25) is 0 Å². The zero-order chi connectivity index (χ0) is 9.76. The number of alkyl halides is 1. The van der Waals surface area contributed by atoms with E-state index in [1.807, 2.05) is 6.33 Å². The molecule has 76 valence electrons. The van der Waals surface area contributed by atoms with Gasteiger partial charge in [0.2, 0.25) is 0 Å². The minimum absolute atomic E-state index is 0.454. The molecule has 1 aromatic rings. The van der Waals surface area contributed by atoms with Crippen molar-refractivity contribution in [2.75, 3.05) is 0 Å². The average molecular weight is 211 g/mol. The Bertz CT molecular complexity index is 352. The second kappa shape index (κ2) is 2.75. The lowest BCUT2D eigenvalue weighted by Gasteiger charge is -2.61. The summed E-state index contributed by atoms with van der Waals surface area (Å²) in [6.45, 7) is 3.12. The molecular weight excluding hydrogens is 196 g/mol. The van der Waals surface area contributed by atoms with Crippen LogP contribution in [0, 0.1) is 5.92 Å². The Labute approximate surface area is 89.3 Å². The summed E-state index contributed by atoms with van der Waals surface area (Å²) >= 11 is 6.00. The number of hydrogen-bond acceptors (Lipinski definition) is 1. The molecule has 0 N–H and O–H groups in total. The molecule has 4 rings (SSSR count). The molecule has 2 bridgehead atoms. The number of imidazole rings is 1. The maximum atomic E-state index is 6.00. The van der Waals surface area contributed by atoms with Crippen LogP contribution in [0.5, 0.6) is 0 Å². The first kappa shape index (κ1) is 8.78. The van der Waals surface area contributed by atoms with Gasteiger partial charge in [-0.1, -0.05) is 0 Å². The Morgan fingerprint density at radius 2 is 2.29 bits per heavy atom. The van der Waals surface area contributed by atoms with Gasteiger partial charge in [-0.15, -0.1) is 11.6 Å². The van der Waals surface area contributed by atoms with Crippen LogP contribution < -0.4 is 0 Å². The Balaban J connectivity index is 2.00. The van der Waals surface area contributed by atoms with Gasteiger partial charge in [-0.25, -0.2) is 4.98 Å². The largest absolute Gasteiger partial charge is 0.334 e. The first-order chi connectivity index (χ1) is 6.79. The maximum absolute atomic E-state index is 6.00. The lowest BCUT2D eigenvalue weighted by atomic mass is 9.43. The van der Waals surface area contributed by atoms with Crippen molar-refractivity contribution in [1.29, 1.82) is 0 Å². The normalized spacial score (nSPS) is 33.7. The number of aryl methyl sites for hydroxylation is 1. The lowest BCUT2D eigenvalue weighted by Crippen LogP contribution is -2.55. The van der Waals surface area contributed by atoms with Crippen LogP contribution in [0.15, 0.2) is 6.33 Å². The molecule has 3 saturated carbocycles. The van der Waals surface area contributed by atoms with Crippen LogP contribution in [-0.4, -0.2) is 9.55 Å². The molecule has 0 saturated heterocycles. The van der Waals surface area contributed by atoms with E-state index in [1.54, 1.807) is 0 Å². The number of aromatic nitrogens is 2. The van der Waals surface area contributed by atoms with E-state index in [4.69, 9.17) is 11.6 Å². The van der Waals surface area contributed by atoms with Crippen molar-refractivity contribution in [2.45, 2.75) is 44.0 Å². The number of hydrogen-bond donors (Lipinski definition) is 0. The van der Waals surface area contributed by atoms with E-state index in [9.17, 15) is 0 Å². The molecule has 3 heteroatoms. The summed E-state index contributed by atoms with van der Waals surface area (Å²) in [5.41, 5.74) is 3.01. The molecule has 2 nitrogen and oxygen atoms in total. The third kappa shape index (κ3) is 0.902. The molecule has 1 heterocycles. The summed E-state index contributed by atoms with van der Waals surface area (Å²) in [7, 11) is 0. The van der Waals surface area contributed by atoms with Crippen LogP contribution in [0.25, 0.3) is 0 Å². The zero-order valence-electron chi connectivity index (χ0n) is 8.46. The van der Waals surface area contributed by atoms with E-state index in [1.165, 1.54) is 30.7 Å². The van der Waals surface area contributed by atoms with Crippen LogP contribution in [0.3, 0.4) is 0 Å². The number of nitrogens with zero attached hydrogens (tertiary/aromatic N) is 2. The molecule has 0 aliphatic heterocycles. The van der Waals surface area contributed by atoms with Crippen molar-refractivity contribution >= 4 is 11.6 Å². The highest BCUT2D eigenvalue weighted by atomic mass is 35.5. The predicted octanol–water partition coefficient (Wildman–Crippen LogP) is 2.69. The minimum atomic E-state index is 0.454. The summed E-state index contributed by atoms with van der Waals surface area (Å²) in [4.78, 5) is 4.57. The van der Waals surface area contributed by atoms with E-state index >= 15 is 0 Å². The van der Waals surface area contributed by atoms with E-state index in [-0.39, 0.29) is 0 Å². The summed E-state index contributed by atoms with van der Waals surface area (Å²) in [6.07, 6.45) is 6.03. The van der Waals surface area contributed by atoms with Crippen molar-refractivity contribution in [3.8, 4) is 0 Å². The molecule has 14 heavy (non-hydrogen) atoms. The van der Waals surface area contributed by atoms with E-state index in [2.05, 4.69) is 16.5 Å². The average Bonchev–Trinajstić information content (AvgIpc) is 2.42. The van der Waals surface area contributed by atoms with Crippen LogP contribution in [-0.2, 0) is 17.8 Å². The smallest absolute Gasteiger partial charge is 0.0952 e. The first-order valence-electron chi connectivity index (χ1n) is 5.39. The zero-order valence-corrected chi connectivity index (χ0v) is 9.22. The monoisotopic (exact) mass is 210 g/mol. The van der Waals surface area contributed by atoms with Gasteiger partial charge in [0, 0.05) is 12.0 Å².